The molecule has 0 radical (unpaired) electrons. The molecule has 0 spiro atoms. The molecule has 0 amide bonds. The summed E-state index contributed by atoms with van der Waals surface area (Å²) >= 11 is 0. The normalized spacial score (nSPS) is 10.6. The minimum Gasteiger partial charge on any atom is -0.494 e. The molecule has 3 rings (SSSR count). The van der Waals surface area contributed by atoms with E-state index in [0.29, 0.717) is 0 Å². The van der Waals surface area contributed by atoms with Crippen LogP contribution in [-0.4, -0.2) is 6.61 Å². The van der Waals surface area contributed by atoms with Crippen LogP contribution in [0, 0.1) is 0 Å². The van der Waals surface area contributed by atoms with Gasteiger partial charge in [0, 0.05) is 0 Å². The van der Waals surface area contributed by atoms with Crippen molar-refractivity contribution >= 4 is 11.1 Å². The molecule has 160 valence electrons. The molecule has 0 aliphatic heterocycles. The predicted octanol–water partition coefficient (Wildman–Crippen LogP) is 8.90. The number of rotatable bonds is 7. The van der Waals surface area contributed by atoms with E-state index in [9.17, 15) is 0 Å². The zero-order chi connectivity index (χ0) is 22.2. The lowest BCUT2D eigenvalue weighted by molar-refractivity contribution is 0.317. The summed E-state index contributed by atoms with van der Waals surface area (Å²) in [5, 5.41) is 0. The smallest absolute Gasteiger partial charge is 0.119 e. The van der Waals surface area contributed by atoms with Gasteiger partial charge in [0.2, 0.25) is 0 Å². The fraction of sp³-hybridized carbons (Fsp3) is 0.310. The molecule has 0 saturated heterocycles. The Morgan fingerprint density at radius 1 is 0.600 bits per heavy atom. The summed E-state index contributed by atoms with van der Waals surface area (Å²) in [7, 11) is 0. The van der Waals surface area contributed by atoms with E-state index in [1.54, 1.807) is 0 Å². The summed E-state index contributed by atoms with van der Waals surface area (Å²) in [6.45, 7) is 13.1. The first kappa shape index (κ1) is 25.2. The molecule has 3 aromatic carbocycles. The van der Waals surface area contributed by atoms with Gasteiger partial charge in [-0.2, -0.15) is 0 Å². The average molecular weight is 403 g/mol. The summed E-state index contributed by atoms with van der Waals surface area (Å²) in [6.07, 6.45) is 1.99. The van der Waals surface area contributed by atoms with E-state index in [0.717, 1.165) is 25.2 Å². The second-order valence-electron chi connectivity index (χ2n) is 6.31. The van der Waals surface area contributed by atoms with Crippen LogP contribution >= 0.6 is 0 Å². The van der Waals surface area contributed by atoms with Crippen molar-refractivity contribution < 1.29 is 4.74 Å². The molecule has 1 heteroatoms. The summed E-state index contributed by atoms with van der Waals surface area (Å²) in [5.41, 5.74) is 6.40. The lowest BCUT2D eigenvalue weighted by Gasteiger charge is -2.16. The van der Waals surface area contributed by atoms with Crippen LogP contribution in [0.1, 0.15) is 71.1 Å². The Hall–Kier alpha value is -2.80. The monoisotopic (exact) mass is 402 g/mol. The molecule has 0 heterocycles. The highest BCUT2D eigenvalue weighted by atomic mass is 16.5. The molecule has 0 N–H and O–H groups in total. The van der Waals surface area contributed by atoms with Crippen molar-refractivity contribution in [1.82, 2.24) is 0 Å². The summed E-state index contributed by atoms with van der Waals surface area (Å²) in [6, 6.07) is 29.8. The van der Waals surface area contributed by atoms with Gasteiger partial charge in [0.25, 0.3) is 0 Å². The average Bonchev–Trinajstić information content (AvgIpc) is 2.85. The highest BCUT2D eigenvalue weighted by Gasteiger charge is 2.12. The van der Waals surface area contributed by atoms with E-state index in [1.807, 2.05) is 27.7 Å². The quantitative estimate of drug-likeness (QED) is 0.358. The fourth-order valence-corrected chi connectivity index (χ4v) is 3.22. The van der Waals surface area contributed by atoms with Crippen molar-refractivity contribution in [3.05, 3.63) is 102 Å². The first-order valence-corrected chi connectivity index (χ1v) is 11.4. The predicted molar refractivity (Wildman–Crippen MR) is 134 cm³/mol. The van der Waals surface area contributed by atoms with Crippen LogP contribution in [0.2, 0.25) is 0 Å². The van der Waals surface area contributed by atoms with Crippen molar-refractivity contribution in [2.75, 3.05) is 6.61 Å². The highest BCUT2D eigenvalue weighted by Crippen LogP contribution is 2.34. The molecule has 0 aromatic heterocycles. The van der Waals surface area contributed by atoms with Crippen molar-refractivity contribution in [3.63, 3.8) is 0 Å². The van der Waals surface area contributed by atoms with E-state index in [-0.39, 0.29) is 0 Å². The van der Waals surface area contributed by atoms with Gasteiger partial charge in [-0.15, -0.1) is 0 Å². The zero-order valence-corrected chi connectivity index (χ0v) is 19.6. The van der Waals surface area contributed by atoms with Crippen molar-refractivity contribution in [2.45, 2.75) is 54.4 Å². The molecule has 0 aliphatic rings. The molecular weight excluding hydrogens is 364 g/mol. The fourth-order valence-electron chi connectivity index (χ4n) is 3.22. The van der Waals surface area contributed by atoms with E-state index in [1.165, 1.54) is 27.8 Å². The topological polar surface area (TPSA) is 9.23 Å². The number of benzene rings is 3. The maximum atomic E-state index is 5.75. The van der Waals surface area contributed by atoms with Crippen LogP contribution in [0.5, 0.6) is 5.75 Å². The third-order valence-corrected chi connectivity index (χ3v) is 4.46. The number of allylic oxidation sites excluding steroid dienone is 1. The summed E-state index contributed by atoms with van der Waals surface area (Å²) in [5.74, 6) is 0.931. The molecule has 0 aliphatic carbocycles. The van der Waals surface area contributed by atoms with Crippen LogP contribution in [0.25, 0.3) is 11.1 Å². The number of hydrogen-bond donors (Lipinski definition) is 0. The van der Waals surface area contributed by atoms with Gasteiger partial charge in [-0.25, -0.2) is 0 Å². The minimum atomic E-state index is 0.755. The van der Waals surface area contributed by atoms with Gasteiger partial charge in [-0.05, 0) is 52.8 Å². The van der Waals surface area contributed by atoms with Crippen LogP contribution in [0.4, 0.5) is 0 Å². The standard InChI is InChI=1S/C25H26O.2C2H6/c1-3-19-26-23-17-15-22(16-18-23)25(21-13-9-6-10-14-21)24(4-2)20-11-7-5-8-12-20;2*1-2/h5-18H,3-4,19H2,1-2H3;2*1-2H3/b25-24-;;. The first-order chi connectivity index (χ1) is 14.8. The molecule has 0 bridgehead atoms. The van der Waals surface area contributed by atoms with E-state index in [2.05, 4.69) is 98.8 Å². The second kappa shape index (κ2) is 15.1. The molecular formula is C29H38O. The largest absolute Gasteiger partial charge is 0.494 e. The van der Waals surface area contributed by atoms with Crippen LogP contribution < -0.4 is 4.74 Å². The number of ether oxygens (including phenoxy) is 1. The Morgan fingerprint density at radius 2 is 1.07 bits per heavy atom. The maximum Gasteiger partial charge on any atom is 0.119 e. The zero-order valence-electron chi connectivity index (χ0n) is 19.6. The van der Waals surface area contributed by atoms with E-state index in [4.69, 9.17) is 4.74 Å². The van der Waals surface area contributed by atoms with Crippen molar-refractivity contribution in [2.24, 2.45) is 0 Å². The minimum absolute atomic E-state index is 0.755. The van der Waals surface area contributed by atoms with Crippen molar-refractivity contribution in [3.8, 4) is 5.75 Å². The van der Waals surface area contributed by atoms with Gasteiger partial charge in [0.05, 0.1) is 6.61 Å². The summed E-state index contributed by atoms with van der Waals surface area (Å²) < 4.78 is 5.75. The molecule has 0 fully saturated rings. The van der Waals surface area contributed by atoms with Crippen LogP contribution in [0.15, 0.2) is 84.9 Å². The van der Waals surface area contributed by atoms with Gasteiger partial charge in [-0.3, -0.25) is 0 Å². The van der Waals surface area contributed by atoms with Gasteiger partial charge in [0.1, 0.15) is 5.75 Å². The van der Waals surface area contributed by atoms with E-state index < -0.39 is 0 Å². The lowest BCUT2D eigenvalue weighted by Crippen LogP contribution is -1.97. The van der Waals surface area contributed by atoms with Gasteiger partial charge < -0.3 is 4.74 Å². The third kappa shape index (κ3) is 7.22. The third-order valence-electron chi connectivity index (χ3n) is 4.46. The Bertz CT molecular complexity index is 831. The Kier molecular flexibility index (Phi) is 12.7. The second-order valence-corrected chi connectivity index (χ2v) is 6.31. The Morgan fingerprint density at radius 3 is 1.53 bits per heavy atom. The maximum absolute atomic E-state index is 5.75. The Labute approximate surface area is 184 Å². The lowest BCUT2D eigenvalue weighted by atomic mass is 9.88. The molecule has 0 atom stereocenters. The summed E-state index contributed by atoms with van der Waals surface area (Å²) in [4.78, 5) is 0. The molecule has 0 unspecified atom stereocenters. The SMILES string of the molecule is CC.CC.CCCOc1ccc(/C(=C(/CC)c2ccccc2)c2ccccc2)cc1. The molecule has 1 nitrogen and oxygen atoms in total. The van der Waals surface area contributed by atoms with E-state index >= 15 is 0 Å². The highest BCUT2D eigenvalue weighted by molar-refractivity contribution is 5.98. The first-order valence-electron chi connectivity index (χ1n) is 11.4. The molecule has 3 aromatic rings. The number of hydrogen-bond acceptors (Lipinski definition) is 1. The van der Waals surface area contributed by atoms with Crippen LogP contribution in [-0.2, 0) is 0 Å². The molecule has 30 heavy (non-hydrogen) atoms. The van der Waals surface area contributed by atoms with Gasteiger partial charge in [0.15, 0.2) is 0 Å². The van der Waals surface area contributed by atoms with Gasteiger partial charge >= 0.3 is 0 Å². The van der Waals surface area contributed by atoms with Crippen LogP contribution in [0.3, 0.4) is 0 Å². The molecule has 0 saturated carbocycles. The van der Waals surface area contributed by atoms with Crippen molar-refractivity contribution in [1.29, 1.82) is 0 Å². The Balaban J connectivity index is 0.00000106. The van der Waals surface area contributed by atoms with Gasteiger partial charge in [-0.1, -0.05) is 114 Å².